The predicted molar refractivity (Wildman–Crippen MR) is 59.3 cm³/mol. The number of hydrogen-bond acceptors (Lipinski definition) is 5. The van der Waals surface area contributed by atoms with E-state index in [0.717, 1.165) is 5.01 Å². The van der Waals surface area contributed by atoms with Crippen molar-refractivity contribution in [2.24, 2.45) is 5.92 Å². The lowest BCUT2D eigenvalue weighted by Gasteiger charge is -2.05. The molecule has 1 unspecified atom stereocenters. The van der Waals surface area contributed by atoms with Gasteiger partial charge in [0, 0.05) is 12.5 Å². The lowest BCUT2D eigenvalue weighted by atomic mass is 10.2. The number of carboxylic acid groups (broad SMARTS) is 1. The molecule has 2 N–H and O–H groups in total. The molecule has 1 rings (SSSR count). The van der Waals surface area contributed by atoms with Gasteiger partial charge in [0.05, 0.1) is 5.92 Å². The van der Waals surface area contributed by atoms with Crippen molar-refractivity contribution in [2.75, 3.05) is 11.9 Å². The number of aliphatic carboxylic acids is 1. The largest absolute Gasteiger partial charge is 0.481 e. The van der Waals surface area contributed by atoms with Gasteiger partial charge in [0.2, 0.25) is 5.13 Å². The van der Waals surface area contributed by atoms with Gasteiger partial charge in [-0.1, -0.05) is 32.1 Å². The van der Waals surface area contributed by atoms with Gasteiger partial charge in [-0.3, -0.25) is 4.79 Å². The Labute approximate surface area is 92.5 Å². The first-order valence-electron chi connectivity index (χ1n) is 4.80. The molecule has 0 aliphatic rings. The van der Waals surface area contributed by atoms with E-state index in [1.54, 1.807) is 6.92 Å². The summed E-state index contributed by atoms with van der Waals surface area (Å²) in [4.78, 5) is 10.6. The smallest absolute Gasteiger partial charge is 0.308 e. The van der Waals surface area contributed by atoms with Crippen molar-refractivity contribution in [3.05, 3.63) is 5.01 Å². The minimum atomic E-state index is -0.809. The van der Waals surface area contributed by atoms with Gasteiger partial charge >= 0.3 is 5.97 Å². The number of carboxylic acids is 1. The highest BCUT2D eigenvalue weighted by Crippen LogP contribution is 2.22. The third-order valence-corrected chi connectivity index (χ3v) is 3.10. The molecule has 0 radical (unpaired) electrons. The Kier molecular flexibility index (Phi) is 4.02. The highest BCUT2D eigenvalue weighted by atomic mass is 32.1. The quantitative estimate of drug-likeness (QED) is 0.805. The van der Waals surface area contributed by atoms with E-state index in [1.807, 2.05) is 13.8 Å². The Morgan fingerprint density at radius 3 is 2.60 bits per heavy atom. The van der Waals surface area contributed by atoms with Crippen LogP contribution in [-0.2, 0) is 4.79 Å². The van der Waals surface area contributed by atoms with Crippen LogP contribution in [0.15, 0.2) is 0 Å². The zero-order chi connectivity index (χ0) is 11.4. The number of hydrogen-bond donors (Lipinski definition) is 2. The van der Waals surface area contributed by atoms with Gasteiger partial charge in [0.25, 0.3) is 0 Å². The second-order valence-electron chi connectivity index (χ2n) is 3.72. The molecule has 1 heterocycles. The van der Waals surface area contributed by atoms with Crippen molar-refractivity contribution in [2.45, 2.75) is 26.7 Å². The summed E-state index contributed by atoms with van der Waals surface area (Å²) in [5.74, 6) is -0.873. The van der Waals surface area contributed by atoms with Gasteiger partial charge in [-0.15, -0.1) is 10.2 Å². The maximum atomic E-state index is 10.6. The van der Waals surface area contributed by atoms with Crippen molar-refractivity contribution in [3.63, 3.8) is 0 Å². The Morgan fingerprint density at radius 1 is 1.47 bits per heavy atom. The first-order valence-corrected chi connectivity index (χ1v) is 5.62. The van der Waals surface area contributed by atoms with Crippen molar-refractivity contribution in [3.8, 4) is 0 Å². The predicted octanol–water partition coefficient (Wildman–Crippen LogP) is 1.79. The lowest BCUT2D eigenvalue weighted by Crippen LogP contribution is -2.19. The SMILES string of the molecule is CC(CNc1nnc(C(C)C)s1)C(=O)O. The number of rotatable bonds is 5. The summed E-state index contributed by atoms with van der Waals surface area (Å²) in [7, 11) is 0. The maximum Gasteiger partial charge on any atom is 0.308 e. The summed E-state index contributed by atoms with van der Waals surface area (Å²) < 4.78 is 0. The minimum absolute atomic E-state index is 0.356. The minimum Gasteiger partial charge on any atom is -0.481 e. The summed E-state index contributed by atoms with van der Waals surface area (Å²) in [5.41, 5.74) is 0. The molecule has 1 aromatic rings. The zero-order valence-corrected chi connectivity index (χ0v) is 9.84. The third kappa shape index (κ3) is 3.47. The van der Waals surface area contributed by atoms with Crippen LogP contribution in [0.2, 0.25) is 0 Å². The van der Waals surface area contributed by atoms with E-state index in [0.29, 0.717) is 17.6 Å². The van der Waals surface area contributed by atoms with Crippen molar-refractivity contribution >= 4 is 22.4 Å². The van der Waals surface area contributed by atoms with Crippen LogP contribution in [0, 0.1) is 5.92 Å². The molecule has 0 spiro atoms. The zero-order valence-electron chi connectivity index (χ0n) is 9.02. The van der Waals surface area contributed by atoms with Crippen LogP contribution < -0.4 is 5.32 Å². The van der Waals surface area contributed by atoms with Crippen molar-refractivity contribution < 1.29 is 9.90 Å². The molecule has 0 amide bonds. The van der Waals surface area contributed by atoms with Crippen molar-refractivity contribution in [1.29, 1.82) is 0 Å². The second-order valence-corrected chi connectivity index (χ2v) is 4.73. The van der Waals surface area contributed by atoms with Gasteiger partial charge in [0.1, 0.15) is 5.01 Å². The Morgan fingerprint density at radius 2 is 2.13 bits per heavy atom. The number of nitrogens with one attached hydrogen (secondary N) is 1. The van der Waals surface area contributed by atoms with Crippen LogP contribution in [0.4, 0.5) is 5.13 Å². The van der Waals surface area contributed by atoms with Gasteiger partial charge in [-0.25, -0.2) is 0 Å². The lowest BCUT2D eigenvalue weighted by molar-refractivity contribution is -0.140. The summed E-state index contributed by atoms with van der Waals surface area (Å²) >= 11 is 1.47. The average Bonchev–Trinajstić information content (AvgIpc) is 2.62. The van der Waals surface area contributed by atoms with E-state index < -0.39 is 11.9 Å². The fourth-order valence-corrected chi connectivity index (χ4v) is 1.62. The molecule has 0 bridgehead atoms. The summed E-state index contributed by atoms with van der Waals surface area (Å²) in [6, 6.07) is 0. The first-order chi connectivity index (χ1) is 7.00. The molecule has 5 nitrogen and oxygen atoms in total. The van der Waals surface area contributed by atoms with Crippen LogP contribution in [0.5, 0.6) is 0 Å². The fourth-order valence-electron chi connectivity index (χ4n) is 0.867. The monoisotopic (exact) mass is 229 g/mol. The molecule has 1 atom stereocenters. The van der Waals surface area contributed by atoms with E-state index >= 15 is 0 Å². The number of aromatic nitrogens is 2. The van der Waals surface area contributed by atoms with Gasteiger partial charge in [-0.05, 0) is 0 Å². The number of carbonyl (C=O) groups is 1. The molecule has 15 heavy (non-hydrogen) atoms. The van der Waals surface area contributed by atoms with Crippen LogP contribution in [0.1, 0.15) is 31.7 Å². The van der Waals surface area contributed by atoms with E-state index in [4.69, 9.17) is 5.11 Å². The number of anilines is 1. The second kappa shape index (κ2) is 5.06. The molecule has 1 aromatic heterocycles. The summed E-state index contributed by atoms with van der Waals surface area (Å²) in [6.07, 6.45) is 0. The Hall–Kier alpha value is -1.17. The standard InChI is InChI=1S/C9H15N3O2S/c1-5(2)7-11-12-9(15-7)10-4-6(3)8(13)14/h5-6H,4H2,1-3H3,(H,10,12)(H,13,14). The summed E-state index contributed by atoms with van der Waals surface area (Å²) in [6.45, 7) is 6.12. The number of nitrogens with zero attached hydrogens (tertiary/aromatic N) is 2. The Bertz CT molecular complexity index is 338. The topological polar surface area (TPSA) is 75.1 Å². The van der Waals surface area contributed by atoms with Gasteiger partial charge in [-0.2, -0.15) is 0 Å². The molecular weight excluding hydrogens is 214 g/mol. The average molecular weight is 229 g/mol. The molecule has 0 aromatic carbocycles. The van der Waals surface area contributed by atoms with E-state index in [9.17, 15) is 4.79 Å². The molecular formula is C9H15N3O2S. The molecule has 0 aliphatic heterocycles. The molecule has 0 saturated carbocycles. The highest BCUT2D eigenvalue weighted by molar-refractivity contribution is 7.15. The maximum absolute atomic E-state index is 10.6. The van der Waals surface area contributed by atoms with Crippen LogP contribution in [0.25, 0.3) is 0 Å². The molecule has 0 fully saturated rings. The summed E-state index contributed by atoms with van der Waals surface area (Å²) in [5, 5.41) is 21.2. The van der Waals surface area contributed by atoms with E-state index in [1.165, 1.54) is 11.3 Å². The van der Waals surface area contributed by atoms with Gasteiger partial charge in [0.15, 0.2) is 0 Å². The molecule has 0 aliphatic carbocycles. The van der Waals surface area contributed by atoms with Crippen LogP contribution >= 0.6 is 11.3 Å². The molecule has 6 heteroatoms. The first kappa shape index (κ1) is 11.9. The molecule has 0 saturated heterocycles. The fraction of sp³-hybridized carbons (Fsp3) is 0.667. The van der Waals surface area contributed by atoms with Crippen LogP contribution in [0.3, 0.4) is 0 Å². The van der Waals surface area contributed by atoms with E-state index in [-0.39, 0.29) is 0 Å². The van der Waals surface area contributed by atoms with Crippen LogP contribution in [-0.4, -0.2) is 27.8 Å². The Balaban J connectivity index is 2.47. The van der Waals surface area contributed by atoms with Gasteiger partial charge < -0.3 is 10.4 Å². The van der Waals surface area contributed by atoms with Crippen molar-refractivity contribution in [1.82, 2.24) is 10.2 Å². The third-order valence-electron chi connectivity index (χ3n) is 1.92. The molecule has 84 valence electrons. The normalized spacial score (nSPS) is 12.8. The highest BCUT2D eigenvalue weighted by Gasteiger charge is 2.12. The van der Waals surface area contributed by atoms with E-state index in [2.05, 4.69) is 15.5 Å².